The smallest absolute Gasteiger partial charge is 0.0802 e. The summed E-state index contributed by atoms with van der Waals surface area (Å²) < 4.78 is 6.35. The van der Waals surface area contributed by atoms with Crippen LogP contribution in [0.25, 0.3) is 0 Å². The summed E-state index contributed by atoms with van der Waals surface area (Å²) >= 11 is 3.38. The van der Waals surface area contributed by atoms with E-state index >= 15 is 0 Å². The van der Waals surface area contributed by atoms with Gasteiger partial charge in [0.2, 0.25) is 0 Å². The first-order valence-corrected chi connectivity index (χ1v) is 7.36. The molecule has 0 bridgehead atoms. The Balaban J connectivity index is 1.85. The average Bonchev–Trinajstić information content (AvgIpc) is 2.45. The summed E-state index contributed by atoms with van der Waals surface area (Å²) in [4.78, 5) is 2.19. The molecule has 0 amide bonds. The SMILES string of the molecule is OCC1COCCN1CCC(O)c1ccc(Br)cc1. The highest BCUT2D eigenvalue weighted by molar-refractivity contribution is 9.10. The van der Waals surface area contributed by atoms with E-state index in [2.05, 4.69) is 20.8 Å². The number of hydrogen-bond acceptors (Lipinski definition) is 4. The number of hydrogen-bond donors (Lipinski definition) is 2. The maximum Gasteiger partial charge on any atom is 0.0802 e. The minimum Gasteiger partial charge on any atom is -0.395 e. The van der Waals surface area contributed by atoms with Crippen LogP contribution in [0.4, 0.5) is 0 Å². The molecule has 0 aromatic heterocycles. The first-order valence-electron chi connectivity index (χ1n) is 6.57. The summed E-state index contributed by atoms with van der Waals surface area (Å²) in [6, 6.07) is 7.79. The third kappa shape index (κ3) is 4.26. The van der Waals surface area contributed by atoms with E-state index in [0.29, 0.717) is 19.6 Å². The number of morpholine rings is 1. The molecule has 2 N–H and O–H groups in total. The maximum atomic E-state index is 10.2. The molecule has 0 aliphatic carbocycles. The van der Waals surface area contributed by atoms with E-state index in [0.717, 1.165) is 23.1 Å². The molecule has 1 aliphatic rings. The lowest BCUT2D eigenvalue weighted by Gasteiger charge is -2.34. The summed E-state index contributed by atoms with van der Waals surface area (Å²) in [6.07, 6.45) is 0.202. The minimum absolute atomic E-state index is 0.0610. The van der Waals surface area contributed by atoms with Gasteiger partial charge in [-0.15, -0.1) is 0 Å². The highest BCUT2D eigenvalue weighted by Gasteiger charge is 2.22. The van der Waals surface area contributed by atoms with Crippen LogP contribution in [0.15, 0.2) is 28.7 Å². The van der Waals surface area contributed by atoms with Crippen molar-refractivity contribution in [2.75, 3.05) is 32.9 Å². The molecular formula is C14H20BrNO3. The third-order valence-electron chi connectivity index (χ3n) is 3.50. The molecular weight excluding hydrogens is 310 g/mol. The Morgan fingerprint density at radius 2 is 2.11 bits per heavy atom. The Labute approximate surface area is 122 Å². The van der Waals surface area contributed by atoms with Crippen LogP contribution in [0.2, 0.25) is 0 Å². The standard InChI is InChI=1S/C14H20BrNO3/c15-12-3-1-11(2-4-12)14(18)5-6-16-7-8-19-10-13(16)9-17/h1-4,13-14,17-18H,5-10H2. The van der Waals surface area contributed by atoms with Crippen molar-refractivity contribution in [3.63, 3.8) is 0 Å². The lowest BCUT2D eigenvalue weighted by Crippen LogP contribution is -2.48. The van der Waals surface area contributed by atoms with E-state index in [1.54, 1.807) is 0 Å². The maximum absolute atomic E-state index is 10.2. The van der Waals surface area contributed by atoms with E-state index in [1.807, 2.05) is 24.3 Å². The van der Waals surface area contributed by atoms with Gasteiger partial charge in [-0.05, 0) is 24.1 Å². The first kappa shape index (κ1) is 14.9. The van der Waals surface area contributed by atoms with Crippen molar-refractivity contribution in [2.45, 2.75) is 18.6 Å². The van der Waals surface area contributed by atoms with Crippen molar-refractivity contribution < 1.29 is 14.9 Å². The van der Waals surface area contributed by atoms with Gasteiger partial charge >= 0.3 is 0 Å². The van der Waals surface area contributed by atoms with E-state index in [1.165, 1.54) is 0 Å². The Morgan fingerprint density at radius 1 is 1.37 bits per heavy atom. The van der Waals surface area contributed by atoms with E-state index in [9.17, 15) is 10.2 Å². The van der Waals surface area contributed by atoms with Crippen molar-refractivity contribution in [3.05, 3.63) is 34.3 Å². The molecule has 1 saturated heterocycles. The molecule has 0 spiro atoms. The van der Waals surface area contributed by atoms with Gasteiger partial charge in [-0.1, -0.05) is 28.1 Å². The second-order valence-corrected chi connectivity index (χ2v) is 5.72. The second-order valence-electron chi connectivity index (χ2n) is 4.80. The molecule has 4 nitrogen and oxygen atoms in total. The fraction of sp³-hybridized carbons (Fsp3) is 0.571. The lowest BCUT2D eigenvalue weighted by atomic mass is 10.1. The van der Waals surface area contributed by atoms with Crippen molar-refractivity contribution in [3.8, 4) is 0 Å². The van der Waals surface area contributed by atoms with Crippen LogP contribution >= 0.6 is 15.9 Å². The summed E-state index contributed by atoms with van der Waals surface area (Å²) in [5.74, 6) is 0. The number of benzene rings is 1. The molecule has 5 heteroatoms. The number of rotatable bonds is 5. The minimum atomic E-state index is -0.463. The Bertz CT molecular complexity index is 385. The van der Waals surface area contributed by atoms with Crippen LogP contribution in [-0.4, -0.2) is 54.1 Å². The normalized spacial score (nSPS) is 22.4. The quantitative estimate of drug-likeness (QED) is 0.860. The number of aliphatic hydroxyl groups is 2. The zero-order chi connectivity index (χ0) is 13.7. The topological polar surface area (TPSA) is 52.9 Å². The zero-order valence-electron chi connectivity index (χ0n) is 10.8. The molecule has 1 aromatic rings. The van der Waals surface area contributed by atoms with Gasteiger partial charge in [-0.25, -0.2) is 0 Å². The Kier molecular flexibility index (Phi) is 5.78. The molecule has 2 rings (SSSR count). The highest BCUT2D eigenvalue weighted by Crippen LogP contribution is 2.20. The molecule has 2 unspecified atom stereocenters. The van der Waals surface area contributed by atoms with Crippen LogP contribution in [-0.2, 0) is 4.74 Å². The number of aliphatic hydroxyl groups excluding tert-OH is 2. The van der Waals surface area contributed by atoms with Crippen molar-refractivity contribution in [2.24, 2.45) is 0 Å². The van der Waals surface area contributed by atoms with E-state index in [-0.39, 0.29) is 12.6 Å². The van der Waals surface area contributed by atoms with Crippen molar-refractivity contribution in [1.82, 2.24) is 4.90 Å². The van der Waals surface area contributed by atoms with Gasteiger partial charge in [0, 0.05) is 17.6 Å². The number of ether oxygens (including phenoxy) is 1. The number of nitrogens with zero attached hydrogens (tertiary/aromatic N) is 1. The van der Waals surface area contributed by atoms with Crippen LogP contribution < -0.4 is 0 Å². The van der Waals surface area contributed by atoms with Gasteiger partial charge in [-0.3, -0.25) is 4.90 Å². The summed E-state index contributed by atoms with van der Waals surface area (Å²) in [5, 5.41) is 19.5. The van der Waals surface area contributed by atoms with Gasteiger partial charge < -0.3 is 14.9 Å². The van der Waals surface area contributed by atoms with Crippen LogP contribution in [0, 0.1) is 0 Å². The fourth-order valence-electron chi connectivity index (χ4n) is 2.29. The Morgan fingerprint density at radius 3 is 2.79 bits per heavy atom. The van der Waals surface area contributed by atoms with E-state index < -0.39 is 6.10 Å². The molecule has 19 heavy (non-hydrogen) atoms. The summed E-state index contributed by atoms with van der Waals surface area (Å²) in [5.41, 5.74) is 0.928. The monoisotopic (exact) mass is 329 g/mol. The largest absolute Gasteiger partial charge is 0.395 e. The summed E-state index contributed by atoms with van der Waals surface area (Å²) in [6.45, 7) is 2.97. The fourth-order valence-corrected chi connectivity index (χ4v) is 2.56. The Hall–Kier alpha value is -0.460. The van der Waals surface area contributed by atoms with Gasteiger partial charge in [0.15, 0.2) is 0 Å². The summed E-state index contributed by atoms with van der Waals surface area (Å²) in [7, 11) is 0. The molecule has 0 saturated carbocycles. The van der Waals surface area contributed by atoms with Crippen molar-refractivity contribution >= 4 is 15.9 Å². The molecule has 1 fully saturated rings. The average molecular weight is 330 g/mol. The molecule has 2 atom stereocenters. The number of halogens is 1. The molecule has 1 heterocycles. The predicted octanol–water partition coefficient (Wildman–Crippen LogP) is 1.57. The third-order valence-corrected chi connectivity index (χ3v) is 4.03. The van der Waals surface area contributed by atoms with Crippen LogP contribution in [0.5, 0.6) is 0 Å². The van der Waals surface area contributed by atoms with Gasteiger partial charge in [0.1, 0.15) is 0 Å². The van der Waals surface area contributed by atoms with E-state index in [4.69, 9.17) is 4.74 Å². The predicted molar refractivity (Wildman–Crippen MR) is 77.0 cm³/mol. The van der Waals surface area contributed by atoms with Gasteiger partial charge in [0.05, 0.1) is 32.0 Å². The van der Waals surface area contributed by atoms with Crippen LogP contribution in [0.1, 0.15) is 18.1 Å². The molecule has 106 valence electrons. The second kappa shape index (κ2) is 7.36. The first-order chi connectivity index (χ1) is 9.20. The molecule has 1 aromatic carbocycles. The van der Waals surface area contributed by atoms with Crippen LogP contribution in [0.3, 0.4) is 0 Å². The lowest BCUT2D eigenvalue weighted by molar-refractivity contribution is -0.0321. The highest BCUT2D eigenvalue weighted by atomic mass is 79.9. The molecule has 0 radical (unpaired) electrons. The van der Waals surface area contributed by atoms with Crippen molar-refractivity contribution in [1.29, 1.82) is 0 Å². The van der Waals surface area contributed by atoms with Gasteiger partial charge in [-0.2, -0.15) is 0 Å². The molecule has 1 aliphatic heterocycles. The zero-order valence-corrected chi connectivity index (χ0v) is 12.4. The van der Waals surface area contributed by atoms with Gasteiger partial charge in [0.25, 0.3) is 0 Å².